The number of hydrogen-bond donors (Lipinski definition) is 1. The zero-order valence-electron chi connectivity index (χ0n) is 16.0. The molecular weight excluding hydrogens is 378 g/mol. The van der Waals surface area contributed by atoms with Crippen LogP contribution >= 0.6 is 0 Å². The van der Waals surface area contributed by atoms with Crippen LogP contribution < -0.4 is 5.32 Å². The molecule has 4 rings (SSSR count). The lowest BCUT2D eigenvalue weighted by Crippen LogP contribution is -2.54. The van der Waals surface area contributed by atoms with Gasteiger partial charge in [-0.25, -0.2) is 9.69 Å². The Hall–Kier alpha value is -3.23. The largest absolute Gasteiger partial charge is 0.442 e. The van der Waals surface area contributed by atoms with Gasteiger partial charge in [0.15, 0.2) is 6.73 Å². The van der Waals surface area contributed by atoms with E-state index in [0.717, 1.165) is 29.1 Å². The fraction of sp³-hybridized carbons (Fsp3) is 0.450. The molecular formula is C20H21N3O6. The van der Waals surface area contributed by atoms with Crippen LogP contribution in [-0.2, 0) is 14.3 Å². The van der Waals surface area contributed by atoms with E-state index in [1.807, 2.05) is 6.92 Å². The number of amides is 5. The van der Waals surface area contributed by atoms with E-state index >= 15 is 0 Å². The maximum atomic E-state index is 12.9. The van der Waals surface area contributed by atoms with E-state index in [-0.39, 0.29) is 17.0 Å². The van der Waals surface area contributed by atoms with Crippen molar-refractivity contribution in [2.45, 2.75) is 38.1 Å². The van der Waals surface area contributed by atoms with Crippen LogP contribution in [0.3, 0.4) is 0 Å². The molecule has 29 heavy (non-hydrogen) atoms. The highest BCUT2D eigenvalue weighted by Crippen LogP contribution is 2.38. The molecule has 0 aromatic heterocycles. The van der Waals surface area contributed by atoms with Gasteiger partial charge < -0.3 is 10.1 Å². The molecule has 1 spiro atoms. The summed E-state index contributed by atoms with van der Waals surface area (Å²) in [5.74, 6) is -2.42. The topological polar surface area (TPSA) is 113 Å². The number of carbonyl (C=O) groups is 5. The minimum absolute atomic E-state index is 0.0212. The highest BCUT2D eigenvalue weighted by Gasteiger charge is 2.55. The Labute approximate surface area is 167 Å². The maximum Gasteiger partial charge on any atom is 0.328 e. The van der Waals surface area contributed by atoms with Crippen LogP contribution in [0.2, 0.25) is 0 Å². The van der Waals surface area contributed by atoms with Gasteiger partial charge in [0.25, 0.3) is 17.7 Å². The summed E-state index contributed by atoms with van der Waals surface area (Å²) in [4.78, 5) is 63.7. The van der Waals surface area contributed by atoms with Gasteiger partial charge >= 0.3 is 12.0 Å². The van der Waals surface area contributed by atoms with Gasteiger partial charge in [-0.1, -0.05) is 31.9 Å². The van der Waals surface area contributed by atoms with Crippen molar-refractivity contribution in [3.8, 4) is 0 Å². The Bertz CT molecular complexity index is 894. The number of carbonyl (C=O) groups excluding carboxylic acids is 5. The van der Waals surface area contributed by atoms with E-state index in [1.54, 1.807) is 12.1 Å². The molecule has 2 fully saturated rings. The molecule has 2 aliphatic heterocycles. The number of rotatable bonds is 4. The summed E-state index contributed by atoms with van der Waals surface area (Å²) in [6.07, 6.45) is 3.19. The van der Waals surface area contributed by atoms with E-state index in [0.29, 0.717) is 6.42 Å². The van der Waals surface area contributed by atoms with Crippen molar-refractivity contribution in [1.82, 2.24) is 15.1 Å². The Morgan fingerprint density at radius 2 is 1.76 bits per heavy atom. The molecule has 0 bridgehead atoms. The molecule has 1 aromatic rings. The van der Waals surface area contributed by atoms with Crippen LogP contribution in [0, 0.1) is 5.92 Å². The van der Waals surface area contributed by atoms with Gasteiger partial charge in [-0.3, -0.25) is 24.1 Å². The number of urea groups is 1. The molecule has 1 saturated heterocycles. The first-order chi connectivity index (χ1) is 13.8. The SMILES string of the molecule is CC1CCCCC12NC(=O)N(CC(=O)OCN1C(=O)c3ccccc3C1=O)C2=O. The van der Waals surface area contributed by atoms with Crippen molar-refractivity contribution < 1.29 is 28.7 Å². The molecule has 1 N–H and O–H groups in total. The first-order valence-corrected chi connectivity index (χ1v) is 9.60. The summed E-state index contributed by atoms with van der Waals surface area (Å²) in [6, 6.07) is 5.70. The summed E-state index contributed by atoms with van der Waals surface area (Å²) in [6.45, 7) is 0.778. The van der Waals surface area contributed by atoms with Crippen molar-refractivity contribution >= 4 is 29.7 Å². The number of benzene rings is 1. The molecule has 2 unspecified atom stereocenters. The quantitative estimate of drug-likeness (QED) is 0.464. The van der Waals surface area contributed by atoms with Gasteiger partial charge in [0.2, 0.25) is 0 Å². The molecule has 1 aliphatic carbocycles. The molecule has 9 heteroatoms. The van der Waals surface area contributed by atoms with Gasteiger partial charge in [-0.15, -0.1) is 0 Å². The van der Waals surface area contributed by atoms with Crippen molar-refractivity contribution in [3.63, 3.8) is 0 Å². The molecule has 0 radical (unpaired) electrons. The van der Waals surface area contributed by atoms with Gasteiger partial charge in [-0.2, -0.15) is 0 Å². The van der Waals surface area contributed by atoms with E-state index < -0.39 is 48.5 Å². The van der Waals surface area contributed by atoms with Crippen molar-refractivity contribution in [2.24, 2.45) is 5.92 Å². The van der Waals surface area contributed by atoms with Gasteiger partial charge in [-0.05, 0) is 30.9 Å². The van der Waals surface area contributed by atoms with Crippen molar-refractivity contribution in [1.29, 1.82) is 0 Å². The van der Waals surface area contributed by atoms with E-state index in [1.165, 1.54) is 12.1 Å². The lowest BCUT2D eigenvalue weighted by molar-refractivity contribution is -0.150. The zero-order valence-corrected chi connectivity index (χ0v) is 16.0. The summed E-state index contributed by atoms with van der Waals surface area (Å²) < 4.78 is 5.03. The molecule has 1 saturated carbocycles. The summed E-state index contributed by atoms with van der Waals surface area (Å²) >= 11 is 0. The average Bonchev–Trinajstić information content (AvgIpc) is 3.09. The fourth-order valence-electron chi connectivity index (χ4n) is 4.31. The van der Waals surface area contributed by atoms with E-state index in [2.05, 4.69) is 5.32 Å². The first kappa shape index (κ1) is 19.1. The fourth-order valence-corrected chi connectivity index (χ4v) is 4.31. The first-order valence-electron chi connectivity index (χ1n) is 9.60. The lowest BCUT2D eigenvalue weighted by Gasteiger charge is -2.36. The molecule has 152 valence electrons. The second-order valence-corrected chi connectivity index (χ2v) is 7.67. The summed E-state index contributed by atoms with van der Waals surface area (Å²) in [7, 11) is 0. The number of nitrogens with one attached hydrogen (secondary N) is 1. The lowest BCUT2D eigenvalue weighted by atomic mass is 9.73. The number of fused-ring (bicyclic) bond motifs is 1. The zero-order chi connectivity index (χ0) is 20.8. The molecule has 2 heterocycles. The Balaban J connectivity index is 1.38. The molecule has 3 aliphatic rings. The van der Waals surface area contributed by atoms with Crippen molar-refractivity contribution in [3.05, 3.63) is 35.4 Å². The summed E-state index contributed by atoms with van der Waals surface area (Å²) in [5, 5.41) is 2.76. The van der Waals surface area contributed by atoms with Crippen LogP contribution in [-0.4, -0.2) is 58.3 Å². The van der Waals surface area contributed by atoms with Crippen LogP contribution in [0.1, 0.15) is 53.3 Å². The predicted molar refractivity (Wildman–Crippen MR) is 98.5 cm³/mol. The molecule has 1 aromatic carbocycles. The second kappa shape index (κ2) is 6.98. The predicted octanol–water partition coefficient (Wildman–Crippen LogP) is 1.28. The third-order valence-corrected chi connectivity index (χ3v) is 6.02. The average molecular weight is 399 g/mol. The maximum absolute atomic E-state index is 12.9. The number of nitrogens with zero attached hydrogens (tertiary/aromatic N) is 2. The second-order valence-electron chi connectivity index (χ2n) is 7.67. The third kappa shape index (κ3) is 2.97. The normalized spacial score (nSPS) is 26.2. The van der Waals surface area contributed by atoms with Crippen LogP contribution in [0.5, 0.6) is 0 Å². The minimum atomic E-state index is -0.960. The number of hydrogen-bond acceptors (Lipinski definition) is 6. The van der Waals surface area contributed by atoms with Crippen LogP contribution in [0.15, 0.2) is 24.3 Å². The molecule has 5 amide bonds. The number of ether oxygens (including phenoxy) is 1. The highest BCUT2D eigenvalue weighted by atomic mass is 16.5. The smallest absolute Gasteiger partial charge is 0.328 e. The third-order valence-electron chi connectivity index (χ3n) is 6.02. The number of esters is 1. The van der Waals surface area contributed by atoms with Crippen molar-refractivity contribution in [2.75, 3.05) is 13.3 Å². The van der Waals surface area contributed by atoms with Crippen LogP contribution in [0.25, 0.3) is 0 Å². The van der Waals surface area contributed by atoms with E-state index in [4.69, 9.17) is 4.74 Å². The Morgan fingerprint density at radius 3 is 2.38 bits per heavy atom. The van der Waals surface area contributed by atoms with Gasteiger partial charge in [0.05, 0.1) is 11.1 Å². The monoisotopic (exact) mass is 399 g/mol. The molecule has 9 nitrogen and oxygen atoms in total. The number of imide groups is 2. The van der Waals surface area contributed by atoms with Gasteiger partial charge in [0.1, 0.15) is 12.1 Å². The Morgan fingerprint density at radius 1 is 1.10 bits per heavy atom. The highest BCUT2D eigenvalue weighted by molar-refractivity contribution is 6.21. The van der Waals surface area contributed by atoms with E-state index in [9.17, 15) is 24.0 Å². The van der Waals surface area contributed by atoms with Gasteiger partial charge in [0, 0.05) is 0 Å². The standard InChI is InChI=1S/C20H21N3O6/c1-12-6-4-5-9-20(12)18(27)22(19(28)21-20)10-15(24)29-11-23-16(25)13-7-2-3-8-14(13)17(23)26/h2-3,7-8,12H,4-6,9-11H2,1H3,(H,21,28). The summed E-state index contributed by atoms with van der Waals surface area (Å²) in [5.41, 5.74) is -0.468. The van der Waals surface area contributed by atoms with Crippen LogP contribution in [0.4, 0.5) is 4.79 Å². The minimum Gasteiger partial charge on any atom is -0.442 e. The molecule has 2 atom stereocenters. The Kier molecular flexibility index (Phi) is 4.60.